The molecule has 0 radical (unpaired) electrons. The third kappa shape index (κ3) is 4.32. The van der Waals surface area contributed by atoms with Crippen LogP contribution in [0.5, 0.6) is 0 Å². The van der Waals surface area contributed by atoms with Gasteiger partial charge in [0.25, 0.3) is 5.56 Å². The highest BCUT2D eigenvalue weighted by atomic mass is 35.5. The van der Waals surface area contributed by atoms with Gasteiger partial charge in [0.05, 0.1) is 5.56 Å². The number of hydrogen-bond acceptors (Lipinski definition) is 2. The molecule has 134 valence electrons. The van der Waals surface area contributed by atoms with Crippen LogP contribution in [0.4, 0.5) is 13.2 Å². The molecule has 1 heterocycles. The van der Waals surface area contributed by atoms with E-state index in [1.807, 2.05) is 6.92 Å². The number of amides is 1. The van der Waals surface area contributed by atoms with E-state index in [1.54, 1.807) is 4.90 Å². The number of pyridine rings is 1. The third-order valence-electron chi connectivity index (χ3n) is 4.35. The zero-order chi connectivity index (χ0) is 17.9. The lowest BCUT2D eigenvalue weighted by Crippen LogP contribution is -2.44. The molecular formula is C16H20ClF3N2O2. The van der Waals surface area contributed by atoms with E-state index in [-0.39, 0.29) is 11.9 Å². The van der Waals surface area contributed by atoms with Gasteiger partial charge in [-0.3, -0.25) is 9.59 Å². The van der Waals surface area contributed by atoms with Crippen LogP contribution in [0.1, 0.15) is 44.6 Å². The Morgan fingerprint density at radius 2 is 1.96 bits per heavy atom. The molecule has 4 nitrogen and oxygen atoms in total. The number of aromatic nitrogens is 1. The predicted molar refractivity (Wildman–Crippen MR) is 85.0 cm³/mol. The summed E-state index contributed by atoms with van der Waals surface area (Å²) >= 11 is 5.61. The first-order chi connectivity index (χ1) is 11.2. The minimum absolute atomic E-state index is 0.0909. The molecule has 1 aromatic rings. The van der Waals surface area contributed by atoms with Crippen molar-refractivity contribution in [2.75, 3.05) is 6.54 Å². The van der Waals surface area contributed by atoms with E-state index >= 15 is 0 Å². The first kappa shape index (κ1) is 18.8. The Labute approximate surface area is 143 Å². The molecule has 24 heavy (non-hydrogen) atoms. The van der Waals surface area contributed by atoms with Crippen molar-refractivity contribution in [3.05, 3.63) is 33.2 Å². The van der Waals surface area contributed by atoms with E-state index in [1.165, 1.54) is 0 Å². The summed E-state index contributed by atoms with van der Waals surface area (Å²) in [4.78, 5) is 26.1. The fourth-order valence-electron chi connectivity index (χ4n) is 3.14. The summed E-state index contributed by atoms with van der Waals surface area (Å²) < 4.78 is 39.3. The highest BCUT2D eigenvalue weighted by molar-refractivity contribution is 6.30. The number of hydrogen-bond donors (Lipinski definition) is 0. The second-order valence-electron chi connectivity index (χ2n) is 5.98. The number of halogens is 4. The molecule has 0 aliphatic heterocycles. The summed E-state index contributed by atoms with van der Waals surface area (Å²) in [7, 11) is 0. The maximum atomic E-state index is 12.9. The first-order valence-electron chi connectivity index (χ1n) is 8.00. The van der Waals surface area contributed by atoms with E-state index < -0.39 is 28.9 Å². The minimum Gasteiger partial charge on any atom is -0.338 e. The standard InChI is InChI=1S/C16H20ClF3N2O2/c1-2-22(12-6-4-3-5-7-12)14(23)10-21-9-11(16(18,19)20)8-13(17)15(21)24/h8-9,12H,2-7,10H2,1H3. The highest BCUT2D eigenvalue weighted by Gasteiger charge is 2.32. The number of likely N-dealkylation sites (N-methyl/N-ethyl adjacent to an activating group) is 1. The molecule has 0 atom stereocenters. The second-order valence-corrected chi connectivity index (χ2v) is 6.39. The summed E-state index contributed by atoms with van der Waals surface area (Å²) in [5, 5.41) is -0.543. The maximum Gasteiger partial charge on any atom is 0.417 e. The van der Waals surface area contributed by atoms with Crippen LogP contribution in [0.25, 0.3) is 0 Å². The first-order valence-corrected chi connectivity index (χ1v) is 8.38. The molecule has 1 aromatic heterocycles. The summed E-state index contributed by atoms with van der Waals surface area (Å²) in [5.41, 5.74) is -1.83. The summed E-state index contributed by atoms with van der Waals surface area (Å²) in [6.45, 7) is 1.85. The predicted octanol–water partition coefficient (Wildman–Crippen LogP) is 3.70. The van der Waals surface area contributed by atoms with Crippen molar-refractivity contribution in [1.29, 1.82) is 0 Å². The van der Waals surface area contributed by atoms with Crippen molar-refractivity contribution in [2.24, 2.45) is 0 Å². The van der Waals surface area contributed by atoms with Crippen LogP contribution in [-0.4, -0.2) is 28.0 Å². The second kappa shape index (κ2) is 7.59. The molecule has 0 N–H and O–H groups in total. The van der Waals surface area contributed by atoms with E-state index in [0.717, 1.165) is 36.7 Å². The van der Waals surface area contributed by atoms with E-state index in [2.05, 4.69) is 0 Å². The van der Waals surface area contributed by atoms with E-state index in [4.69, 9.17) is 11.6 Å². The van der Waals surface area contributed by atoms with Crippen LogP contribution in [0.15, 0.2) is 17.1 Å². The summed E-state index contributed by atoms with van der Waals surface area (Å²) in [6, 6.07) is 0.678. The minimum atomic E-state index is -4.63. The molecule has 0 saturated heterocycles. The Morgan fingerprint density at radius 3 is 2.50 bits per heavy atom. The Hall–Kier alpha value is -1.50. The molecule has 0 aromatic carbocycles. The quantitative estimate of drug-likeness (QED) is 0.817. The van der Waals surface area contributed by atoms with Crippen molar-refractivity contribution < 1.29 is 18.0 Å². The molecule has 0 bridgehead atoms. The molecule has 0 spiro atoms. The van der Waals surface area contributed by atoms with Gasteiger partial charge in [-0.1, -0.05) is 30.9 Å². The number of carbonyl (C=O) groups is 1. The SMILES string of the molecule is CCN(C(=O)Cn1cc(C(F)(F)F)cc(Cl)c1=O)C1CCCCC1. The monoisotopic (exact) mass is 364 g/mol. The zero-order valence-corrected chi connectivity index (χ0v) is 14.2. The lowest BCUT2D eigenvalue weighted by atomic mass is 9.94. The lowest BCUT2D eigenvalue weighted by Gasteiger charge is -2.33. The molecule has 0 unspecified atom stereocenters. The van der Waals surface area contributed by atoms with Crippen molar-refractivity contribution in [3.63, 3.8) is 0 Å². The van der Waals surface area contributed by atoms with Crippen molar-refractivity contribution >= 4 is 17.5 Å². The molecular weight excluding hydrogens is 345 g/mol. The van der Waals surface area contributed by atoms with Crippen molar-refractivity contribution in [3.8, 4) is 0 Å². The number of rotatable bonds is 4. The molecule has 1 amide bonds. The lowest BCUT2D eigenvalue weighted by molar-refractivity contribution is -0.139. The molecule has 1 saturated carbocycles. The summed E-state index contributed by atoms with van der Waals surface area (Å²) in [6.07, 6.45) is 0.991. The fraction of sp³-hybridized carbons (Fsp3) is 0.625. The summed E-state index contributed by atoms with van der Waals surface area (Å²) in [5.74, 6) is -0.359. The Morgan fingerprint density at radius 1 is 1.33 bits per heavy atom. The highest BCUT2D eigenvalue weighted by Crippen LogP contribution is 2.29. The average molecular weight is 365 g/mol. The van der Waals surface area contributed by atoms with Crippen LogP contribution < -0.4 is 5.56 Å². The van der Waals surface area contributed by atoms with Gasteiger partial charge in [0.1, 0.15) is 11.6 Å². The zero-order valence-electron chi connectivity index (χ0n) is 13.4. The number of nitrogens with zero attached hydrogens (tertiary/aromatic N) is 2. The van der Waals surface area contributed by atoms with Gasteiger partial charge in [0.15, 0.2) is 0 Å². The van der Waals surface area contributed by atoms with Gasteiger partial charge in [0, 0.05) is 18.8 Å². The van der Waals surface area contributed by atoms with Crippen LogP contribution in [0.2, 0.25) is 5.02 Å². The van der Waals surface area contributed by atoms with Crippen LogP contribution in [-0.2, 0) is 17.5 Å². The van der Waals surface area contributed by atoms with Crippen LogP contribution in [0.3, 0.4) is 0 Å². The maximum absolute atomic E-state index is 12.9. The molecule has 8 heteroatoms. The molecule has 1 aliphatic carbocycles. The largest absolute Gasteiger partial charge is 0.417 e. The van der Waals surface area contributed by atoms with Crippen LogP contribution in [0, 0.1) is 0 Å². The van der Waals surface area contributed by atoms with E-state index in [9.17, 15) is 22.8 Å². The van der Waals surface area contributed by atoms with Gasteiger partial charge in [0.2, 0.25) is 5.91 Å². The van der Waals surface area contributed by atoms with Gasteiger partial charge >= 0.3 is 6.18 Å². The van der Waals surface area contributed by atoms with Gasteiger partial charge in [-0.25, -0.2) is 0 Å². The topological polar surface area (TPSA) is 42.3 Å². The number of carbonyl (C=O) groups excluding carboxylic acids is 1. The van der Waals surface area contributed by atoms with Crippen molar-refractivity contribution in [1.82, 2.24) is 9.47 Å². The Bertz CT molecular complexity index is 652. The molecule has 2 rings (SSSR count). The smallest absolute Gasteiger partial charge is 0.338 e. The Balaban J connectivity index is 2.24. The normalized spacial score (nSPS) is 16.2. The van der Waals surface area contributed by atoms with Gasteiger partial charge < -0.3 is 9.47 Å². The van der Waals surface area contributed by atoms with Gasteiger partial charge in [-0.05, 0) is 25.8 Å². The number of alkyl halides is 3. The third-order valence-corrected chi connectivity index (χ3v) is 4.62. The van der Waals surface area contributed by atoms with Gasteiger partial charge in [-0.2, -0.15) is 13.2 Å². The van der Waals surface area contributed by atoms with E-state index in [0.29, 0.717) is 18.8 Å². The molecule has 1 aliphatic rings. The van der Waals surface area contributed by atoms with Crippen LogP contribution >= 0.6 is 11.6 Å². The molecule has 1 fully saturated rings. The van der Waals surface area contributed by atoms with Gasteiger partial charge in [-0.15, -0.1) is 0 Å². The van der Waals surface area contributed by atoms with Crippen molar-refractivity contribution in [2.45, 2.75) is 57.8 Å². The average Bonchev–Trinajstić information content (AvgIpc) is 2.52. The fourth-order valence-corrected chi connectivity index (χ4v) is 3.37. The Kier molecular flexibility index (Phi) is 5.96.